The molecular formula is C49H99N2O10P. The molecule has 62 heavy (non-hydrogen) atoms. The molecule has 370 valence electrons. The molecule has 0 saturated heterocycles. The molecule has 0 radical (unpaired) electrons. The van der Waals surface area contributed by atoms with Gasteiger partial charge in [0.2, 0.25) is 0 Å². The Balaban J connectivity index is -0.00000211. The van der Waals surface area contributed by atoms with Gasteiger partial charge in [0.15, 0.2) is 6.10 Å². The summed E-state index contributed by atoms with van der Waals surface area (Å²) < 4.78 is 27.5. The van der Waals surface area contributed by atoms with Crippen molar-refractivity contribution in [3.05, 3.63) is 24.3 Å². The summed E-state index contributed by atoms with van der Waals surface area (Å²) in [7, 11) is 7.06. The standard InChI is InChI=1S/C39H73O8P.2C5H14NO/c1-3-5-7-9-11-13-15-17-19-21-23-25-27-29-31-33-38(40)45-35-37(36-46-48(42,43)44)47-39(41)34-32-30-28-26-24-22-20-18-16-14-12-10-8-6-4-2;2*1-6(2,3)4-5-7/h17-20,37H,3-16,21-36H2,1-2H3,(H2,42,43,44);2*7H,4-5H2,1-3H3/q;2*+1/p-2/b19-17-,20-18-;;. The van der Waals surface area contributed by atoms with E-state index in [4.69, 9.17) is 19.7 Å². The minimum absolute atomic E-state index is 0.171. The van der Waals surface area contributed by atoms with E-state index in [1.54, 1.807) is 0 Å². The minimum Gasteiger partial charge on any atom is -0.790 e. The summed E-state index contributed by atoms with van der Waals surface area (Å²) in [6.07, 6.45) is 38.5. The Labute approximate surface area is 381 Å². The molecule has 1 unspecified atom stereocenters. The Morgan fingerprint density at radius 1 is 0.516 bits per heavy atom. The number of nitrogens with zero attached hydrogens (tertiary/aromatic N) is 2. The van der Waals surface area contributed by atoms with Gasteiger partial charge in [-0.25, -0.2) is 0 Å². The van der Waals surface area contributed by atoms with E-state index in [0.29, 0.717) is 12.8 Å². The van der Waals surface area contributed by atoms with Crippen molar-refractivity contribution in [1.82, 2.24) is 0 Å². The van der Waals surface area contributed by atoms with Gasteiger partial charge in [0.25, 0.3) is 0 Å². The number of carbonyl (C=O) groups excluding carboxylic acids is 2. The van der Waals surface area contributed by atoms with Gasteiger partial charge in [0.1, 0.15) is 19.7 Å². The zero-order valence-corrected chi connectivity index (χ0v) is 42.3. The molecule has 0 bridgehead atoms. The van der Waals surface area contributed by atoms with Crippen LogP contribution >= 0.6 is 7.82 Å². The van der Waals surface area contributed by atoms with E-state index in [1.165, 1.54) is 89.9 Å². The second-order valence-electron chi connectivity index (χ2n) is 18.7. The first kappa shape index (κ1) is 64.7. The van der Waals surface area contributed by atoms with Gasteiger partial charge in [-0.1, -0.05) is 141 Å². The van der Waals surface area contributed by atoms with Crippen LogP contribution in [0.2, 0.25) is 0 Å². The van der Waals surface area contributed by atoms with Gasteiger partial charge in [0, 0.05) is 12.8 Å². The molecule has 2 N–H and O–H groups in total. The third kappa shape index (κ3) is 62.7. The molecule has 0 aliphatic heterocycles. The van der Waals surface area contributed by atoms with Crippen molar-refractivity contribution in [1.29, 1.82) is 0 Å². The Kier molecular flexibility index (Phi) is 47.9. The largest absolute Gasteiger partial charge is 0.790 e. The smallest absolute Gasteiger partial charge is 0.306 e. The fraction of sp³-hybridized carbons (Fsp3) is 0.878. The Morgan fingerprint density at radius 2 is 0.839 bits per heavy atom. The number of allylic oxidation sites excluding steroid dienone is 4. The SMILES string of the molecule is CCCCCCCC/C=C\CCCCCCCC(=O)OCC(COP(=O)([O-])[O-])OC(=O)CCCCCCC/C=C\CCCCCCCC.C[N+](C)(C)CCO.C[N+](C)(C)CCO. The van der Waals surface area contributed by atoms with Crippen LogP contribution in [0.3, 0.4) is 0 Å². The summed E-state index contributed by atoms with van der Waals surface area (Å²) in [6, 6.07) is 0. The molecule has 0 aromatic carbocycles. The summed E-state index contributed by atoms with van der Waals surface area (Å²) >= 11 is 0. The summed E-state index contributed by atoms with van der Waals surface area (Å²) in [6.45, 7) is 5.70. The highest BCUT2D eigenvalue weighted by Crippen LogP contribution is 2.25. The Morgan fingerprint density at radius 3 is 1.15 bits per heavy atom. The highest BCUT2D eigenvalue weighted by molar-refractivity contribution is 7.43. The number of aliphatic hydroxyl groups excluding tert-OH is 2. The van der Waals surface area contributed by atoms with Gasteiger partial charge in [-0.05, 0) is 64.2 Å². The number of unbranched alkanes of at least 4 members (excludes halogenated alkanes) is 22. The molecule has 0 aliphatic carbocycles. The number of phosphoric acid groups is 1. The maximum atomic E-state index is 12.3. The molecule has 0 aromatic heterocycles. The average molecular weight is 907 g/mol. The second kappa shape index (κ2) is 45.9. The van der Waals surface area contributed by atoms with Gasteiger partial charge in [-0.3, -0.25) is 9.59 Å². The Bertz CT molecular complexity index is 1070. The van der Waals surface area contributed by atoms with Crippen LogP contribution in [0.4, 0.5) is 0 Å². The fourth-order valence-electron chi connectivity index (χ4n) is 6.07. The summed E-state index contributed by atoms with van der Waals surface area (Å²) in [4.78, 5) is 46.4. The van der Waals surface area contributed by atoms with Crippen LogP contribution in [0.5, 0.6) is 0 Å². The first-order valence-electron chi connectivity index (χ1n) is 24.5. The summed E-state index contributed by atoms with van der Waals surface area (Å²) in [5.74, 6) is -0.973. The highest BCUT2D eigenvalue weighted by Gasteiger charge is 2.18. The normalized spacial score (nSPS) is 12.5. The molecule has 0 aromatic rings. The second-order valence-corrected chi connectivity index (χ2v) is 19.8. The highest BCUT2D eigenvalue weighted by atomic mass is 31.2. The average Bonchev–Trinajstić information content (AvgIpc) is 3.18. The van der Waals surface area contributed by atoms with Gasteiger partial charge < -0.3 is 47.5 Å². The molecule has 0 spiro atoms. The van der Waals surface area contributed by atoms with E-state index in [0.717, 1.165) is 86.3 Å². The predicted molar refractivity (Wildman–Crippen MR) is 253 cm³/mol. The molecular weight excluding hydrogens is 808 g/mol. The number of rotatable bonds is 40. The van der Waals surface area contributed by atoms with E-state index in [1.807, 2.05) is 0 Å². The fourth-order valence-corrected chi connectivity index (χ4v) is 6.42. The van der Waals surface area contributed by atoms with E-state index in [2.05, 4.69) is 85.0 Å². The molecule has 13 heteroatoms. The monoisotopic (exact) mass is 907 g/mol. The third-order valence-electron chi connectivity index (χ3n) is 9.97. The maximum absolute atomic E-state index is 12.3. The molecule has 0 heterocycles. The van der Waals surface area contributed by atoms with Gasteiger partial charge >= 0.3 is 11.9 Å². The van der Waals surface area contributed by atoms with Crippen molar-refractivity contribution in [3.8, 4) is 0 Å². The number of likely N-dealkylation sites (N-methyl/N-ethyl adjacent to an activating group) is 2. The van der Waals surface area contributed by atoms with Crippen LogP contribution in [-0.4, -0.2) is 119 Å². The molecule has 0 amide bonds. The first-order chi connectivity index (χ1) is 29.4. The van der Waals surface area contributed by atoms with E-state index in [-0.39, 0.29) is 32.7 Å². The van der Waals surface area contributed by atoms with Crippen LogP contribution in [0.15, 0.2) is 24.3 Å². The van der Waals surface area contributed by atoms with E-state index >= 15 is 0 Å². The van der Waals surface area contributed by atoms with Crippen LogP contribution in [0, 0.1) is 0 Å². The minimum atomic E-state index is -5.25. The van der Waals surface area contributed by atoms with Crippen LogP contribution in [-0.2, 0) is 28.2 Å². The number of ether oxygens (including phenoxy) is 2. The van der Waals surface area contributed by atoms with E-state index < -0.39 is 32.5 Å². The van der Waals surface area contributed by atoms with Crippen molar-refractivity contribution >= 4 is 19.8 Å². The number of hydrogen-bond acceptors (Lipinski definition) is 10. The topological polar surface area (TPSA) is 165 Å². The van der Waals surface area contributed by atoms with Crippen molar-refractivity contribution in [3.63, 3.8) is 0 Å². The molecule has 0 saturated carbocycles. The first-order valence-corrected chi connectivity index (χ1v) is 26.0. The molecule has 0 aliphatic rings. The number of phosphoric ester groups is 1. The van der Waals surface area contributed by atoms with Crippen LogP contribution in [0.25, 0.3) is 0 Å². The molecule has 0 fully saturated rings. The lowest BCUT2D eigenvalue weighted by Crippen LogP contribution is -2.36. The van der Waals surface area contributed by atoms with Gasteiger partial charge in [-0.2, -0.15) is 0 Å². The number of aliphatic hydroxyl groups is 2. The lowest BCUT2D eigenvalue weighted by Gasteiger charge is -2.30. The number of quaternary nitrogens is 2. The lowest BCUT2D eigenvalue weighted by molar-refractivity contribution is -0.870. The van der Waals surface area contributed by atoms with Crippen LogP contribution in [0.1, 0.15) is 194 Å². The van der Waals surface area contributed by atoms with Crippen molar-refractivity contribution in [2.45, 2.75) is 200 Å². The van der Waals surface area contributed by atoms with Gasteiger partial charge in [-0.15, -0.1) is 0 Å². The summed E-state index contributed by atoms with van der Waals surface area (Å²) in [5, 5.41) is 16.8. The maximum Gasteiger partial charge on any atom is 0.306 e. The van der Waals surface area contributed by atoms with Crippen molar-refractivity contribution in [2.24, 2.45) is 0 Å². The lowest BCUT2D eigenvalue weighted by atomic mass is 10.1. The number of esters is 2. The molecule has 12 nitrogen and oxygen atoms in total. The van der Waals surface area contributed by atoms with Crippen molar-refractivity contribution in [2.75, 3.05) is 81.8 Å². The zero-order chi connectivity index (χ0) is 47.2. The zero-order valence-electron chi connectivity index (χ0n) is 41.4. The number of hydrogen-bond donors (Lipinski definition) is 2. The third-order valence-corrected chi connectivity index (χ3v) is 10.4. The molecule has 1 atom stereocenters. The summed E-state index contributed by atoms with van der Waals surface area (Å²) in [5.41, 5.74) is 0. The van der Waals surface area contributed by atoms with Gasteiger partial charge in [0.05, 0.1) is 69.9 Å². The predicted octanol–water partition coefficient (Wildman–Crippen LogP) is 9.73. The quantitative estimate of drug-likeness (QED) is 0.0199. The van der Waals surface area contributed by atoms with Crippen molar-refractivity contribution < 1.29 is 57.1 Å². The van der Waals surface area contributed by atoms with Crippen LogP contribution < -0.4 is 9.79 Å². The molecule has 0 rings (SSSR count). The van der Waals surface area contributed by atoms with E-state index in [9.17, 15) is 23.9 Å². The Hall–Kier alpha value is -1.63. The number of carbonyl (C=O) groups is 2.